The van der Waals surface area contributed by atoms with Crippen LogP contribution in [0.15, 0.2) is 18.6 Å². The maximum absolute atomic E-state index is 12.5. The van der Waals surface area contributed by atoms with Gasteiger partial charge < -0.3 is 14.6 Å². The Morgan fingerprint density at radius 1 is 1.30 bits per heavy atom. The minimum absolute atomic E-state index is 0.180. The SMILES string of the molecule is COc1cc(C(=O)NC2CCCCC2)nc(-c2cncn2C)n1. The molecular weight excluding hydrogens is 294 g/mol. The number of imidazole rings is 1. The van der Waals surface area contributed by atoms with Crippen LogP contribution in [0.3, 0.4) is 0 Å². The second-order valence-electron chi connectivity index (χ2n) is 5.82. The highest BCUT2D eigenvalue weighted by Crippen LogP contribution is 2.20. The summed E-state index contributed by atoms with van der Waals surface area (Å²) in [4.78, 5) is 25.3. The molecule has 0 aliphatic heterocycles. The molecule has 2 aromatic rings. The topological polar surface area (TPSA) is 81.9 Å². The first-order valence-electron chi connectivity index (χ1n) is 7.88. The van der Waals surface area contributed by atoms with Gasteiger partial charge in [-0.3, -0.25) is 4.79 Å². The highest BCUT2D eigenvalue weighted by Gasteiger charge is 2.19. The number of nitrogens with one attached hydrogen (secondary N) is 1. The maximum atomic E-state index is 12.5. The molecule has 0 atom stereocenters. The van der Waals surface area contributed by atoms with Crippen molar-refractivity contribution in [3.8, 4) is 17.4 Å². The van der Waals surface area contributed by atoms with Crippen molar-refractivity contribution in [3.63, 3.8) is 0 Å². The van der Waals surface area contributed by atoms with Crippen molar-refractivity contribution in [3.05, 3.63) is 24.3 Å². The zero-order valence-electron chi connectivity index (χ0n) is 13.5. The zero-order chi connectivity index (χ0) is 16.2. The Hall–Kier alpha value is -2.44. The Bertz CT molecular complexity index is 692. The Morgan fingerprint density at radius 2 is 2.09 bits per heavy atom. The molecule has 122 valence electrons. The summed E-state index contributed by atoms with van der Waals surface area (Å²) < 4.78 is 7.02. The van der Waals surface area contributed by atoms with Crippen molar-refractivity contribution < 1.29 is 9.53 Å². The summed E-state index contributed by atoms with van der Waals surface area (Å²) in [6.45, 7) is 0. The van der Waals surface area contributed by atoms with Crippen LogP contribution in [-0.4, -0.2) is 38.6 Å². The molecule has 0 bridgehead atoms. The van der Waals surface area contributed by atoms with Crippen LogP contribution >= 0.6 is 0 Å². The fraction of sp³-hybridized carbons (Fsp3) is 0.500. The standard InChI is InChI=1S/C16H21N5O2/c1-21-10-17-9-13(21)15-19-12(8-14(20-15)23-2)16(22)18-11-6-4-3-5-7-11/h8-11H,3-7H2,1-2H3,(H,18,22). The second-order valence-corrected chi connectivity index (χ2v) is 5.82. The molecule has 0 spiro atoms. The van der Waals surface area contributed by atoms with E-state index in [9.17, 15) is 4.79 Å². The predicted octanol–water partition coefficient (Wildman–Crippen LogP) is 1.95. The van der Waals surface area contributed by atoms with Crippen molar-refractivity contribution >= 4 is 5.91 Å². The Labute approximate surface area is 135 Å². The summed E-state index contributed by atoms with van der Waals surface area (Å²) in [7, 11) is 3.38. The molecule has 2 heterocycles. The summed E-state index contributed by atoms with van der Waals surface area (Å²) in [6, 6.07) is 1.80. The lowest BCUT2D eigenvalue weighted by Gasteiger charge is -2.22. The van der Waals surface area contributed by atoms with E-state index < -0.39 is 0 Å². The number of ether oxygens (including phenoxy) is 1. The molecule has 0 unspecified atom stereocenters. The van der Waals surface area contributed by atoms with Gasteiger partial charge in [0.05, 0.1) is 19.6 Å². The number of amides is 1. The summed E-state index contributed by atoms with van der Waals surface area (Å²) in [5.74, 6) is 0.615. The van der Waals surface area contributed by atoms with E-state index in [4.69, 9.17) is 4.74 Å². The third-order valence-corrected chi connectivity index (χ3v) is 4.13. The quantitative estimate of drug-likeness (QED) is 0.932. The van der Waals surface area contributed by atoms with E-state index in [0.29, 0.717) is 17.4 Å². The monoisotopic (exact) mass is 315 g/mol. The van der Waals surface area contributed by atoms with Gasteiger partial charge in [0, 0.05) is 19.2 Å². The van der Waals surface area contributed by atoms with Crippen LogP contribution in [0.4, 0.5) is 0 Å². The van der Waals surface area contributed by atoms with Crippen molar-refractivity contribution in [1.29, 1.82) is 0 Å². The fourth-order valence-corrected chi connectivity index (χ4v) is 2.84. The van der Waals surface area contributed by atoms with E-state index in [2.05, 4.69) is 20.3 Å². The molecule has 1 fully saturated rings. The summed E-state index contributed by atoms with van der Waals surface area (Å²) >= 11 is 0. The molecule has 3 rings (SSSR count). The van der Waals surface area contributed by atoms with E-state index in [1.165, 1.54) is 13.5 Å². The van der Waals surface area contributed by atoms with E-state index in [-0.39, 0.29) is 11.9 Å². The first-order chi connectivity index (χ1) is 11.2. The molecular formula is C16H21N5O2. The Balaban J connectivity index is 1.86. The van der Waals surface area contributed by atoms with Crippen molar-refractivity contribution in [2.45, 2.75) is 38.1 Å². The number of hydrogen-bond donors (Lipinski definition) is 1. The number of aromatic nitrogens is 4. The Kier molecular flexibility index (Phi) is 4.55. The first-order valence-corrected chi connectivity index (χ1v) is 7.88. The number of carbonyl (C=O) groups is 1. The molecule has 1 aliphatic carbocycles. The van der Waals surface area contributed by atoms with E-state index in [0.717, 1.165) is 31.4 Å². The van der Waals surface area contributed by atoms with Gasteiger partial charge in [-0.2, -0.15) is 4.98 Å². The first kappa shape index (κ1) is 15.5. The molecule has 2 aromatic heterocycles. The van der Waals surface area contributed by atoms with Crippen LogP contribution in [0.25, 0.3) is 11.5 Å². The average molecular weight is 315 g/mol. The maximum Gasteiger partial charge on any atom is 0.270 e. The molecule has 7 nitrogen and oxygen atoms in total. The van der Waals surface area contributed by atoms with Crippen LogP contribution in [0.5, 0.6) is 5.88 Å². The second kappa shape index (κ2) is 6.76. The lowest BCUT2D eigenvalue weighted by molar-refractivity contribution is 0.0922. The van der Waals surface area contributed by atoms with E-state index >= 15 is 0 Å². The van der Waals surface area contributed by atoms with Gasteiger partial charge in [0.15, 0.2) is 5.82 Å². The fourth-order valence-electron chi connectivity index (χ4n) is 2.84. The van der Waals surface area contributed by atoms with Gasteiger partial charge in [-0.25, -0.2) is 9.97 Å². The molecule has 1 aliphatic rings. The molecule has 1 N–H and O–H groups in total. The highest BCUT2D eigenvalue weighted by molar-refractivity contribution is 5.93. The van der Waals surface area contributed by atoms with Crippen molar-refractivity contribution in [2.24, 2.45) is 7.05 Å². The minimum atomic E-state index is -0.180. The molecule has 7 heteroatoms. The van der Waals surface area contributed by atoms with Crippen LogP contribution < -0.4 is 10.1 Å². The number of nitrogens with zero attached hydrogens (tertiary/aromatic N) is 4. The molecule has 1 saturated carbocycles. The number of hydrogen-bond acceptors (Lipinski definition) is 5. The number of methoxy groups -OCH3 is 1. The van der Waals surface area contributed by atoms with Crippen LogP contribution in [0.2, 0.25) is 0 Å². The molecule has 0 radical (unpaired) electrons. The van der Waals surface area contributed by atoms with Crippen LogP contribution in [-0.2, 0) is 7.05 Å². The minimum Gasteiger partial charge on any atom is -0.481 e. The zero-order valence-corrected chi connectivity index (χ0v) is 13.5. The van der Waals surface area contributed by atoms with Gasteiger partial charge in [0.25, 0.3) is 5.91 Å². The van der Waals surface area contributed by atoms with Gasteiger partial charge in [0.1, 0.15) is 11.4 Å². The number of carbonyl (C=O) groups excluding carboxylic acids is 1. The summed E-state index contributed by atoms with van der Waals surface area (Å²) in [6.07, 6.45) is 8.97. The van der Waals surface area contributed by atoms with Gasteiger partial charge in [-0.05, 0) is 12.8 Å². The predicted molar refractivity (Wildman–Crippen MR) is 85.1 cm³/mol. The number of rotatable bonds is 4. The molecule has 1 amide bonds. The van der Waals surface area contributed by atoms with Crippen LogP contribution in [0, 0.1) is 0 Å². The van der Waals surface area contributed by atoms with Crippen molar-refractivity contribution in [1.82, 2.24) is 24.8 Å². The van der Waals surface area contributed by atoms with E-state index in [1.54, 1.807) is 23.2 Å². The third kappa shape index (κ3) is 3.49. The molecule has 23 heavy (non-hydrogen) atoms. The smallest absolute Gasteiger partial charge is 0.270 e. The largest absolute Gasteiger partial charge is 0.481 e. The number of aryl methyl sites for hydroxylation is 1. The lowest BCUT2D eigenvalue weighted by atomic mass is 9.95. The highest BCUT2D eigenvalue weighted by atomic mass is 16.5. The normalized spacial score (nSPS) is 15.4. The van der Waals surface area contributed by atoms with Gasteiger partial charge in [-0.15, -0.1) is 0 Å². The van der Waals surface area contributed by atoms with Gasteiger partial charge in [0.2, 0.25) is 5.88 Å². The Morgan fingerprint density at radius 3 is 2.74 bits per heavy atom. The van der Waals surface area contributed by atoms with Crippen molar-refractivity contribution in [2.75, 3.05) is 7.11 Å². The van der Waals surface area contributed by atoms with Gasteiger partial charge >= 0.3 is 0 Å². The average Bonchev–Trinajstić information content (AvgIpc) is 3.01. The molecule has 0 saturated heterocycles. The summed E-state index contributed by atoms with van der Waals surface area (Å²) in [5.41, 5.74) is 1.05. The van der Waals surface area contributed by atoms with Crippen LogP contribution in [0.1, 0.15) is 42.6 Å². The lowest BCUT2D eigenvalue weighted by Crippen LogP contribution is -2.36. The third-order valence-electron chi connectivity index (χ3n) is 4.13. The summed E-state index contributed by atoms with van der Waals surface area (Å²) in [5, 5.41) is 3.07. The van der Waals surface area contributed by atoms with Gasteiger partial charge in [-0.1, -0.05) is 19.3 Å². The molecule has 0 aromatic carbocycles. The van der Waals surface area contributed by atoms with E-state index in [1.807, 2.05) is 7.05 Å².